The van der Waals surface area contributed by atoms with Crippen molar-refractivity contribution in [3.8, 4) is 11.1 Å². The SMILES string of the molecule is O=S(=O)(Cl)c1cccc(Cl)c1-c1ccccc1. The fraction of sp³-hybridized carbons (Fsp3) is 0. The summed E-state index contributed by atoms with van der Waals surface area (Å²) in [5, 5.41) is 0.359. The summed E-state index contributed by atoms with van der Waals surface area (Å²) in [7, 11) is 1.58. The normalized spacial score (nSPS) is 11.4. The van der Waals surface area contributed by atoms with E-state index in [0.29, 0.717) is 10.6 Å². The van der Waals surface area contributed by atoms with E-state index in [4.69, 9.17) is 22.3 Å². The highest BCUT2D eigenvalue weighted by molar-refractivity contribution is 8.13. The maximum atomic E-state index is 11.5. The molecule has 2 nitrogen and oxygen atoms in total. The maximum absolute atomic E-state index is 11.5. The first-order valence-corrected chi connectivity index (χ1v) is 7.47. The largest absolute Gasteiger partial charge is 0.261 e. The zero-order chi connectivity index (χ0) is 12.5. The van der Waals surface area contributed by atoms with E-state index >= 15 is 0 Å². The maximum Gasteiger partial charge on any atom is 0.261 e. The lowest BCUT2D eigenvalue weighted by Crippen LogP contribution is -1.95. The fourth-order valence-corrected chi connectivity index (χ4v) is 3.03. The highest BCUT2D eigenvalue weighted by Gasteiger charge is 2.18. The van der Waals surface area contributed by atoms with Gasteiger partial charge in [-0.1, -0.05) is 48.0 Å². The number of rotatable bonds is 2. The molecule has 0 amide bonds. The lowest BCUT2D eigenvalue weighted by atomic mass is 10.1. The van der Waals surface area contributed by atoms with E-state index in [2.05, 4.69) is 0 Å². The molecule has 0 fully saturated rings. The topological polar surface area (TPSA) is 34.1 Å². The summed E-state index contributed by atoms with van der Waals surface area (Å²) >= 11 is 6.05. The van der Waals surface area contributed by atoms with E-state index in [-0.39, 0.29) is 4.90 Å². The van der Waals surface area contributed by atoms with Gasteiger partial charge in [0, 0.05) is 21.3 Å². The molecule has 0 spiro atoms. The van der Waals surface area contributed by atoms with Crippen molar-refractivity contribution in [3.63, 3.8) is 0 Å². The van der Waals surface area contributed by atoms with Crippen LogP contribution < -0.4 is 0 Å². The number of hydrogen-bond donors (Lipinski definition) is 0. The third kappa shape index (κ3) is 2.63. The molecule has 0 aliphatic rings. The molecular formula is C12H8Cl2O2S. The van der Waals surface area contributed by atoms with Crippen LogP contribution in [0.5, 0.6) is 0 Å². The second-order valence-electron chi connectivity index (χ2n) is 3.42. The third-order valence-corrected chi connectivity index (χ3v) is 3.98. The molecule has 0 aliphatic heterocycles. The van der Waals surface area contributed by atoms with Gasteiger partial charge in [-0.3, -0.25) is 0 Å². The second kappa shape index (κ2) is 4.69. The highest BCUT2D eigenvalue weighted by atomic mass is 35.7. The van der Waals surface area contributed by atoms with Gasteiger partial charge in [-0.25, -0.2) is 8.42 Å². The van der Waals surface area contributed by atoms with Crippen molar-refractivity contribution in [2.24, 2.45) is 0 Å². The Balaban J connectivity index is 2.78. The predicted molar refractivity (Wildman–Crippen MR) is 69.9 cm³/mol. The minimum Gasteiger partial charge on any atom is -0.207 e. The summed E-state index contributed by atoms with van der Waals surface area (Å²) in [5.41, 5.74) is 1.15. The molecule has 2 aromatic rings. The van der Waals surface area contributed by atoms with Crippen LogP contribution in [0.1, 0.15) is 0 Å². The van der Waals surface area contributed by atoms with E-state index < -0.39 is 9.05 Å². The van der Waals surface area contributed by atoms with Gasteiger partial charge in [0.2, 0.25) is 0 Å². The van der Waals surface area contributed by atoms with Crippen LogP contribution in [0.25, 0.3) is 11.1 Å². The van der Waals surface area contributed by atoms with Crippen LogP contribution in [0.2, 0.25) is 5.02 Å². The van der Waals surface area contributed by atoms with Crippen LogP contribution in [0.15, 0.2) is 53.4 Å². The van der Waals surface area contributed by atoms with Crippen LogP contribution in [0, 0.1) is 0 Å². The van der Waals surface area contributed by atoms with Crippen LogP contribution in [0.4, 0.5) is 0 Å². The molecule has 2 aromatic carbocycles. The molecule has 88 valence electrons. The summed E-state index contributed by atoms with van der Waals surface area (Å²) in [6.07, 6.45) is 0. The average molecular weight is 287 g/mol. The highest BCUT2D eigenvalue weighted by Crippen LogP contribution is 2.35. The molecule has 0 radical (unpaired) electrons. The lowest BCUT2D eigenvalue weighted by Gasteiger charge is -2.08. The van der Waals surface area contributed by atoms with Gasteiger partial charge in [-0.15, -0.1) is 0 Å². The molecule has 0 bridgehead atoms. The first-order valence-electron chi connectivity index (χ1n) is 4.79. The smallest absolute Gasteiger partial charge is 0.207 e. The van der Waals surface area contributed by atoms with Gasteiger partial charge in [0.25, 0.3) is 9.05 Å². The van der Waals surface area contributed by atoms with Crippen molar-refractivity contribution in [1.29, 1.82) is 0 Å². The van der Waals surface area contributed by atoms with Crippen molar-refractivity contribution in [3.05, 3.63) is 53.6 Å². The quantitative estimate of drug-likeness (QED) is 0.784. The van der Waals surface area contributed by atoms with Gasteiger partial charge in [-0.2, -0.15) is 0 Å². The first kappa shape index (κ1) is 12.4. The Bertz CT molecular complexity index is 637. The summed E-state index contributed by atoms with van der Waals surface area (Å²) in [6.45, 7) is 0. The Hall–Kier alpha value is -1.03. The van der Waals surface area contributed by atoms with E-state index in [0.717, 1.165) is 5.56 Å². The van der Waals surface area contributed by atoms with Crippen LogP contribution >= 0.6 is 22.3 Å². The number of halogens is 2. The number of hydrogen-bond acceptors (Lipinski definition) is 2. The molecule has 0 atom stereocenters. The lowest BCUT2D eigenvalue weighted by molar-refractivity contribution is 0.610. The average Bonchev–Trinajstić information content (AvgIpc) is 2.28. The Kier molecular flexibility index (Phi) is 3.43. The van der Waals surface area contributed by atoms with Crippen LogP contribution in [-0.4, -0.2) is 8.42 Å². The zero-order valence-electron chi connectivity index (χ0n) is 8.60. The van der Waals surface area contributed by atoms with Gasteiger partial charge in [0.15, 0.2) is 0 Å². The minimum absolute atomic E-state index is 0.0258. The molecule has 0 saturated carbocycles. The van der Waals surface area contributed by atoms with Crippen molar-refractivity contribution in [1.82, 2.24) is 0 Å². The fourth-order valence-electron chi connectivity index (χ4n) is 1.59. The van der Waals surface area contributed by atoms with E-state index in [1.165, 1.54) is 6.07 Å². The summed E-state index contributed by atoms with van der Waals surface area (Å²) in [6, 6.07) is 13.7. The standard InChI is InChI=1S/C12H8Cl2O2S/c13-10-7-4-8-11(17(14,15)16)12(10)9-5-2-1-3-6-9/h1-8H. The molecule has 0 saturated heterocycles. The second-order valence-corrected chi connectivity index (χ2v) is 6.36. The van der Waals surface area contributed by atoms with E-state index in [1.54, 1.807) is 24.3 Å². The van der Waals surface area contributed by atoms with Crippen molar-refractivity contribution in [2.75, 3.05) is 0 Å². The van der Waals surface area contributed by atoms with Crippen LogP contribution in [-0.2, 0) is 9.05 Å². The minimum atomic E-state index is -3.82. The Morgan fingerprint density at radius 1 is 0.882 bits per heavy atom. The zero-order valence-corrected chi connectivity index (χ0v) is 10.9. The molecular weight excluding hydrogens is 279 g/mol. The molecule has 5 heteroatoms. The third-order valence-electron chi connectivity index (χ3n) is 2.30. The van der Waals surface area contributed by atoms with E-state index in [1.807, 2.05) is 18.2 Å². The number of benzene rings is 2. The van der Waals surface area contributed by atoms with Gasteiger partial charge >= 0.3 is 0 Å². The Morgan fingerprint density at radius 2 is 1.53 bits per heavy atom. The van der Waals surface area contributed by atoms with Gasteiger partial charge in [-0.05, 0) is 17.7 Å². The molecule has 0 aliphatic carbocycles. The van der Waals surface area contributed by atoms with Crippen LogP contribution in [0.3, 0.4) is 0 Å². The van der Waals surface area contributed by atoms with Gasteiger partial charge in [0.1, 0.15) is 0 Å². The predicted octanol–water partition coefficient (Wildman–Crippen LogP) is 3.93. The van der Waals surface area contributed by atoms with Gasteiger partial charge in [0.05, 0.1) is 4.90 Å². The van der Waals surface area contributed by atoms with Crippen molar-refractivity contribution >= 4 is 31.3 Å². The Labute approximate surface area is 109 Å². The van der Waals surface area contributed by atoms with E-state index in [9.17, 15) is 8.42 Å². The van der Waals surface area contributed by atoms with Gasteiger partial charge < -0.3 is 0 Å². The Morgan fingerprint density at radius 3 is 2.12 bits per heavy atom. The monoisotopic (exact) mass is 286 g/mol. The molecule has 0 N–H and O–H groups in total. The summed E-state index contributed by atoms with van der Waals surface area (Å²) in [5.74, 6) is 0. The molecule has 17 heavy (non-hydrogen) atoms. The van der Waals surface area contributed by atoms with Crippen molar-refractivity contribution < 1.29 is 8.42 Å². The molecule has 0 heterocycles. The summed E-state index contributed by atoms with van der Waals surface area (Å²) < 4.78 is 23.0. The summed E-state index contributed by atoms with van der Waals surface area (Å²) in [4.78, 5) is 0.0258. The molecule has 2 rings (SSSR count). The molecule has 0 unspecified atom stereocenters. The molecule has 0 aromatic heterocycles. The van der Waals surface area contributed by atoms with Crippen molar-refractivity contribution in [2.45, 2.75) is 4.90 Å². The first-order chi connectivity index (χ1) is 8.00.